The van der Waals surface area contributed by atoms with Crippen LogP contribution in [0.1, 0.15) is 32.6 Å². The first-order valence-electron chi connectivity index (χ1n) is 9.81. The Morgan fingerprint density at radius 2 is 1.96 bits per heavy atom. The molecule has 0 aliphatic carbocycles. The predicted octanol–water partition coefficient (Wildman–Crippen LogP) is 0.976. The van der Waals surface area contributed by atoms with Crippen LogP contribution in [-0.4, -0.2) is 73.2 Å². The van der Waals surface area contributed by atoms with E-state index < -0.39 is 21.0 Å². The van der Waals surface area contributed by atoms with E-state index in [1.807, 2.05) is 35.2 Å². The normalized spacial score (nSPS) is 30.5. The van der Waals surface area contributed by atoms with E-state index in [2.05, 4.69) is 5.32 Å². The molecular weight excluding hydrogens is 380 g/mol. The second-order valence-corrected chi connectivity index (χ2v) is 10.6. The molecule has 1 amide bonds. The number of ether oxygens (including phenoxy) is 1. The number of nitrogens with one attached hydrogen (secondary N) is 1. The van der Waals surface area contributed by atoms with Gasteiger partial charge in [0.1, 0.15) is 12.4 Å². The van der Waals surface area contributed by atoms with Crippen LogP contribution in [0.5, 0.6) is 5.75 Å². The van der Waals surface area contributed by atoms with E-state index in [0.717, 1.165) is 18.7 Å². The molecule has 3 rings (SSSR count). The van der Waals surface area contributed by atoms with Gasteiger partial charge in [-0.25, -0.2) is 8.42 Å². The van der Waals surface area contributed by atoms with Crippen molar-refractivity contribution in [3.63, 3.8) is 0 Å². The Morgan fingerprint density at radius 3 is 2.64 bits per heavy atom. The number of nitrogens with zero attached hydrogens (tertiary/aromatic N) is 1. The van der Waals surface area contributed by atoms with Crippen molar-refractivity contribution in [3.8, 4) is 5.75 Å². The summed E-state index contributed by atoms with van der Waals surface area (Å²) in [5.74, 6) is 0.700. The highest BCUT2D eigenvalue weighted by atomic mass is 32.2. The van der Waals surface area contributed by atoms with E-state index in [4.69, 9.17) is 4.74 Å². The van der Waals surface area contributed by atoms with Crippen LogP contribution >= 0.6 is 0 Å². The number of carbonyl (C=O) groups is 1. The summed E-state index contributed by atoms with van der Waals surface area (Å²) in [4.78, 5) is 14.4. The number of rotatable bonds is 6. The van der Waals surface area contributed by atoms with Crippen LogP contribution in [0.25, 0.3) is 0 Å². The number of hydrogen-bond acceptors (Lipinski definition) is 6. The van der Waals surface area contributed by atoms with E-state index in [9.17, 15) is 18.3 Å². The fraction of sp³-hybridized carbons (Fsp3) is 0.650. The Hall–Kier alpha value is -1.64. The molecule has 0 bridgehead atoms. The molecule has 2 aliphatic rings. The van der Waals surface area contributed by atoms with Crippen LogP contribution in [0.4, 0.5) is 0 Å². The van der Waals surface area contributed by atoms with Gasteiger partial charge >= 0.3 is 0 Å². The quantitative estimate of drug-likeness (QED) is 0.726. The molecule has 2 saturated heterocycles. The molecule has 28 heavy (non-hydrogen) atoms. The van der Waals surface area contributed by atoms with Crippen LogP contribution in [0.15, 0.2) is 30.3 Å². The molecule has 0 saturated carbocycles. The SMILES string of the molecule is CC1(NC(=O)CN2CCCC(O)(COc3ccccc3)CC2)CCS(=O)(=O)C1. The van der Waals surface area contributed by atoms with E-state index >= 15 is 0 Å². The maximum atomic E-state index is 12.4. The lowest BCUT2D eigenvalue weighted by Crippen LogP contribution is -2.50. The average molecular weight is 411 g/mol. The largest absolute Gasteiger partial charge is 0.491 e. The number of benzene rings is 1. The number of hydrogen-bond donors (Lipinski definition) is 2. The standard InChI is InChI=1S/C20H30N2O5S/c1-19(10-13-28(25,26)16-19)21-18(23)14-22-11-5-8-20(24,9-12-22)15-27-17-6-3-2-4-7-17/h2-4,6-7,24H,5,8-16H2,1H3,(H,21,23). The minimum Gasteiger partial charge on any atom is -0.491 e. The Balaban J connectivity index is 1.47. The summed E-state index contributed by atoms with van der Waals surface area (Å²) in [6.07, 6.45) is 2.37. The average Bonchev–Trinajstić information content (AvgIpc) is 2.79. The summed E-state index contributed by atoms with van der Waals surface area (Å²) in [5.41, 5.74) is -1.58. The van der Waals surface area contributed by atoms with Crippen molar-refractivity contribution in [2.45, 2.75) is 43.7 Å². The summed E-state index contributed by atoms with van der Waals surface area (Å²) in [6, 6.07) is 9.42. The molecule has 1 aromatic carbocycles. The van der Waals surface area contributed by atoms with Gasteiger partial charge in [-0.1, -0.05) is 18.2 Å². The van der Waals surface area contributed by atoms with E-state index in [-0.39, 0.29) is 30.6 Å². The third-order valence-corrected chi connectivity index (χ3v) is 7.48. The Labute approximate surface area is 167 Å². The van der Waals surface area contributed by atoms with Gasteiger partial charge in [0, 0.05) is 6.54 Å². The van der Waals surface area contributed by atoms with Crippen LogP contribution in [0.3, 0.4) is 0 Å². The minimum atomic E-state index is -3.06. The van der Waals surface area contributed by atoms with Gasteiger partial charge in [0.25, 0.3) is 0 Å². The number of amides is 1. The molecule has 2 heterocycles. The molecule has 8 heteroatoms. The number of aliphatic hydroxyl groups is 1. The van der Waals surface area contributed by atoms with Gasteiger partial charge in [-0.15, -0.1) is 0 Å². The van der Waals surface area contributed by atoms with E-state index in [1.54, 1.807) is 6.92 Å². The molecule has 2 aliphatic heterocycles. The van der Waals surface area contributed by atoms with Crippen LogP contribution in [0.2, 0.25) is 0 Å². The second kappa shape index (κ2) is 8.39. The number of likely N-dealkylation sites (tertiary alicyclic amines) is 1. The van der Waals surface area contributed by atoms with Crippen molar-refractivity contribution >= 4 is 15.7 Å². The van der Waals surface area contributed by atoms with Crippen molar-refractivity contribution in [2.75, 3.05) is 37.7 Å². The van der Waals surface area contributed by atoms with Crippen molar-refractivity contribution in [3.05, 3.63) is 30.3 Å². The molecule has 0 aromatic heterocycles. The summed E-state index contributed by atoms with van der Waals surface area (Å²) in [5, 5.41) is 13.8. The lowest BCUT2D eigenvalue weighted by Gasteiger charge is -2.28. The van der Waals surface area contributed by atoms with Gasteiger partial charge in [0.15, 0.2) is 9.84 Å². The Bertz CT molecular complexity index is 785. The van der Waals surface area contributed by atoms with Crippen molar-refractivity contribution < 1.29 is 23.1 Å². The topological polar surface area (TPSA) is 95.9 Å². The summed E-state index contributed by atoms with van der Waals surface area (Å²) in [7, 11) is -3.06. The lowest BCUT2D eigenvalue weighted by atomic mass is 9.96. The predicted molar refractivity (Wildman–Crippen MR) is 107 cm³/mol. The minimum absolute atomic E-state index is 0.00230. The highest BCUT2D eigenvalue weighted by Gasteiger charge is 2.39. The Kier molecular flexibility index (Phi) is 6.31. The molecule has 2 unspecified atom stereocenters. The summed E-state index contributed by atoms with van der Waals surface area (Å²) in [6.45, 7) is 3.54. The Morgan fingerprint density at radius 1 is 1.21 bits per heavy atom. The zero-order valence-corrected chi connectivity index (χ0v) is 17.2. The van der Waals surface area contributed by atoms with Crippen LogP contribution in [-0.2, 0) is 14.6 Å². The molecule has 2 N–H and O–H groups in total. The third-order valence-electron chi connectivity index (χ3n) is 5.57. The zero-order valence-electron chi connectivity index (χ0n) is 16.4. The molecule has 0 radical (unpaired) electrons. The fourth-order valence-corrected chi connectivity index (χ4v) is 6.05. The van der Waals surface area contributed by atoms with Crippen molar-refractivity contribution in [1.82, 2.24) is 10.2 Å². The first-order chi connectivity index (χ1) is 13.2. The molecule has 1 aromatic rings. The van der Waals surface area contributed by atoms with Crippen LogP contribution < -0.4 is 10.1 Å². The second-order valence-electron chi connectivity index (χ2n) is 8.41. The van der Waals surface area contributed by atoms with Gasteiger partial charge in [0.05, 0.1) is 29.2 Å². The number of carbonyl (C=O) groups excluding carboxylic acids is 1. The molecular formula is C20H30N2O5S. The summed E-state index contributed by atoms with van der Waals surface area (Å²) < 4.78 is 29.1. The molecule has 156 valence electrons. The van der Waals surface area contributed by atoms with Gasteiger partial charge in [-0.05, 0) is 51.3 Å². The maximum Gasteiger partial charge on any atom is 0.234 e. The fourth-order valence-electron chi connectivity index (χ4n) is 3.96. The molecule has 2 fully saturated rings. The molecule has 0 spiro atoms. The monoisotopic (exact) mass is 410 g/mol. The van der Waals surface area contributed by atoms with Crippen LogP contribution in [0, 0.1) is 0 Å². The molecule has 7 nitrogen and oxygen atoms in total. The van der Waals surface area contributed by atoms with Crippen molar-refractivity contribution in [1.29, 1.82) is 0 Å². The third kappa shape index (κ3) is 5.93. The zero-order chi connectivity index (χ0) is 20.3. The summed E-state index contributed by atoms with van der Waals surface area (Å²) >= 11 is 0. The van der Waals surface area contributed by atoms with Gasteiger partial charge in [-0.2, -0.15) is 0 Å². The first kappa shape index (κ1) is 21.1. The van der Waals surface area contributed by atoms with E-state index in [1.165, 1.54) is 0 Å². The highest BCUT2D eigenvalue weighted by molar-refractivity contribution is 7.91. The first-order valence-corrected chi connectivity index (χ1v) is 11.6. The van der Waals surface area contributed by atoms with Gasteiger partial charge < -0.3 is 15.2 Å². The van der Waals surface area contributed by atoms with Gasteiger partial charge in [0.2, 0.25) is 5.91 Å². The maximum absolute atomic E-state index is 12.4. The molecule has 2 atom stereocenters. The van der Waals surface area contributed by atoms with Gasteiger partial charge in [-0.3, -0.25) is 9.69 Å². The number of sulfone groups is 1. The number of para-hydroxylation sites is 1. The highest BCUT2D eigenvalue weighted by Crippen LogP contribution is 2.25. The smallest absolute Gasteiger partial charge is 0.234 e. The van der Waals surface area contributed by atoms with E-state index in [0.29, 0.717) is 25.8 Å². The lowest BCUT2D eigenvalue weighted by molar-refractivity contribution is -0.123. The van der Waals surface area contributed by atoms with Crippen molar-refractivity contribution in [2.24, 2.45) is 0 Å².